The first-order valence-corrected chi connectivity index (χ1v) is 29.1. The van der Waals surface area contributed by atoms with Crippen LogP contribution in [0.5, 0.6) is 0 Å². The maximum Gasteiger partial charge on any atom is 0.485 e. The van der Waals surface area contributed by atoms with E-state index in [1.54, 1.807) is 64.1 Å². The van der Waals surface area contributed by atoms with Gasteiger partial charge in [-0.2, -0.15) is 35.5 Å². The third-order valence-electron chi connectivity index (χ3n) is 11.4. The van der Waals surface area contributed by atoms with Crippen molar-refractivity contribution in [1.82, 2.24) is 8.61 Å². The fourth-order valence-corrected chi connectivity index (χ4v) is 11.3. The summed E-state index contributed by atoms with van der Waals surface area (Å²) < 4.78 is 179. The number of sulfonamides is 2. The van der Waals surface area contributed by atoms with Gasteiger partial charge in [0.15, 0.2) is 20.2 Å². The molecule has 0 spiro atoms. The van der Waals surface area contributed by atoms with E-state index < -0.39 is 75.2 Å². The van der Waals surface area contributed by atoms with Gasteiger partial charge in [-0.05, 0) is 95.3 Å². The lowest BCUT2D eigenvalue weighted by Gasteiger charge is -2.27. The van der Waals surface area contributed by atoms with Crippen LogP contribution in [0.15, 0.2) is 160 Å². The van der Waals surface area contributed by atoms with Gasteiger partial charge in [0.25, 0.3) is 31.9 Å². The molecule has 0 bridgehead atoms. The number of alkyl halides is 6. The molecule has 0 unspecified atom stereocenters. The lowest BCUT2D eigenvalue weighted by molar-refractivity contribution is -0.617. The van der Waals surface area contributed by atoms with Crippen LogP contribution in [-0.2, 0) is 54.4 Å². The van der Waals surface area contributed by atoms with Crippen LogP contribution in [0.2, 0.25) is 0 Å². The molecule has 2 aromatic heterocycles. The summed E-state index contributed by atoms with van der Waals surface area (Å²) in [7, 11) is -16.4. The van der Waals surface area contributed by atoms with Crippen molar-refractivity contribution in [2.45, 2.75) is 67.5 Å². The third-order valence-corrected chi connectivity index (χ3v) is 17.0. The number of aryl methyl sites for hydroxylation is 3. The van der Waals surface area contributed by atoms with E-state index in [9.17, 15) is 52.8 Å². The van der Waals surface area contributed by atoms with Gasteiger partial charge >= 0.3 is 11.0 Å². The zero-order chi connectivity index (χ0) is 58.7. The molecule has 0 aliphatic rings. The lowest BCUT2D eigenvalue weighted by atomic mass is 10.0. The number of carbonyl (C=O) groups is 2. The molecule has 2 amide bonds. The Morgan fingerprint density at radius 3 is 0.923 bits per heavy atom. The quantitative estimate of drug-likeness (QED) is 0.0456. The maximum absolute atomic E-state index is 14.0. The van der Waals surface area contributed by atoms with Crippen molar-refractivity contribution >= 4 is 112 Å². The van der Waals surface area contributed by atoms with Gasteiger partial charge in [0.1, 0.15) is 14.1 Å². The summed E-state index contributed by atoms with van der Waals surface area (Å²) in [6.45, 7) is 8.75. The van der Waals surface area contributed by atoms with Crippen molar-refractivity contribution in [3.05, 3.63) is 167 Å². The van der Waals surface area contributed by atoms with Gasteiger partial charge in [0.2, 0.25) is 22.1 Å². The molecule has 78 heavy (non-hydrogen) atoms. The number of benzene rings is 6. The first-order valence-electron chi connectivity index (χ1n) is 22.6. The summed E-state index contributed by atoms with van der Waals surface area (Å²) >= 11 is 3.33. The third kappa shape index (κ3) is 13.4. The number of hydrogen-bond donors (Lipinski definition) is 0. The molecule has 0 atom stereocenters. The molecule has 6 aromatic carbocycles. The van der Waals surface area contributed by atoms with E-state index in [-0.39, 0.29) is 9.79 Å². The van der Waals surface area contributed by atoms with Gasteiger partial charge < -0.3 is 9.11 Å². The second kappa shape index (κ2) is 23.8. The van der Waals surface area contributed by atoms with Crippen molar-refractivity contribution in [2.75, 3.05) is 0 Å². The molecule has 0 saturated heterocycles. The Bertz CT molecular complexity index is 3660. The van der Waals surface area contributed by atoms with Gasteiger partial charge in [-0.15, -0.1) is 0 Å². The highest BCUT2D eigenvalue weighted by Gasteiger charge is 2.39. The maximum atomic E-state index is 14.0. The number of rotatable bonds is 8. The Morgan fingerprint density at radius 2 is 0.692 bits per heavy atom. The first-order chi connectivity index (χ1) is 36.0. The SMILES string of the molecule is CC(C)N(C(=O)c1c2ccccc2[n+](C)c2ccccc12)S(=O)(=O)c1ccc(Br)cc1.Cc1ccc(S(=O)(=O)N(C(=O)c2c3ccccc3[n+](C)c3ccccc23)C(C)C)cc1.O=S(=O)([O-])C(F)(F)F.O=S(=O)([O-])C(F)(F)F. The van der Waals surface area contributed by atoms with E-state index >= 15 is 0 Å². The number of hydrogen-bond acceptors (Lipinski definition) is 12. The summed E-state index contributed by atoms with van der Waals surface area (Å²) in [5, 5.41) is 2.87. The minimum atomic E-state index is -6.09. The zero-order valence-corrected chi connectivity index (χ0v) is 46.8. The molecular weight excluding hydrogens is 1180 g/mol. The largest absolute Gasteiger partial charge is 0.741 e. The molecule has 0 aliphatic heterocycles. The molecular formula is C51H47BrF6N4O12S4. The Morgan fingerprint density at radius 1 is 0.462 bits per heavy atom. The van der Waals surface area contributed by atoms with Crippen molar-refractivity contribution in [3.8, 4) is 0 Å². The van der Waals surface area contributed by atoms with Crippen LogP contribution in [0, 0.1) is 6.92 Å². The van der Waals surface area contributed by atoms with Crippen LogP contribution in [0.1, 0.15) is 54.0 Å². The molecule has 0 radical (unpaired) electrons. The Labute approximate surface area is 453 Å². The van der Waals surface area contributed by atoms with E-state index in [2.05, 4.69) is 15.9 Å². The summed E-state index contributed by atoms with van der Waals surface area (Å²) in [5.41, 5.74) is -6.12. The van der Waals surface area contributed by atoms with Gasteiger partial charge in [0, 0.05) is 40.8 Å². The molecule has 16 nitrogen and oxygen atoms in total. The summed E-state index contributed by atoms with van der Waals surface area (Å²) in [6, 6.07) is 42.1. The average molecular weight is 1230 g/mol. The smallest absolute Gasteiger partial charge is 0.485 e. The number of halogens is 7. The second-order valence-electron chi connectivity index (χ2n) is 17.4. The molecule has 0 aliphatic carbocycles. The van der Waals surface area contributed by atoms with Gasteiger partial charge in [-0.3, -0.25) is 9.59 Å². The Hall–Kier alpha value is -6.62. The first kappa shape index (κ1) is 62.2. The van der Waals surface area contributed by atoms with E-state index in [4.69, 9.17) is 25.9 Å². The van der Waals surface area contributed by atoms with Crippen LogP contribution < -0.4 is 9.13 Å². The molecule has 0 saturated carbocycles. The molecule has 416 valence electrons. The average Bonchev–Trinajstić information content (AvgIpc) is 3.40. The van der Waals surface area contributed by atoms with Crippen LogP contribution in [0.25, 0.3) is 43.6 Å². The van der Waals surface area contributed by atoms with Gasteiger partial charge in [-0.1, -0.05) is 82.2 Å². The van der Waals surface area contributed by atoms with Crippen molar-refractivity contribution in [1.29, 1.82) is 0 Å². The van der Waals surface area contributed by atoms with Gasteiger partial charge in [0.05, 0.1) is 42.5 Å². The topological polar surface area (TPSA) is 231 Å². The summed E-state index contributed by atoms with van der Waals surface area (Å²) in [5.74, 6) is -1.06. The van der Waals surface area contributed by atoms with E-state index in [0.717, 1.165) is 51.5 Å². The normalized spacial score (nSPS) is 12.3. The van der Waals surface area contributed by atoms with Crippen LogP contribution >= 0.6 is 15.9 Å². The number of pyridine rings is 2. The predicted octanol–water partition coefficient (Wildman–Crippen LogP) is 9.29. The van der Waals surface area contributed by atoms with Crippen molar-refractivity contribution in [2.24, 2.45) is 14.1 Å². The van der Waals surface area contributed by atoms with E-state index in [1.165, 1.54) is 12.1 Å². The van der Waals surface area contributed by atoms with E-state index in [1.807, 2.05) is 127 Å². The van der Waals surface area contributed by atoms with Crippen LogP contribution in [-0.4, -0.2) is 86.3 Å². The summed E-state index contributed by atoms with van der Waals surface area (Å²) in [4.78, 5) is 28.1. The number of amides is 2. The standard InChI is InChI=1S/C25H25N2O3S.C24H22BrN2O3S.2CHF3O3S/c1-17(2)27(31(29,30)19-15-13-18(3)14-16-19)25(28)24-20-9-5-7-11-22(20)26(4)23-12-8-6-10-21(23)24;1-16(2)27(31(29,30)18-14-12-17(25)13-15-18)24(28)23-19-8-4-6-10-21(19)26(3)22-11-7-5-9-20(22)23;2*2-1(3,4)8(5,6)7/h5-17H,1-4H3;4-16H,1-3H3;2*(H,5,6,7)/q2*+1;;/p-2. The molecule has 27 heteroatoms. The molecule has 0 fully saturated rings. The summed E-state index contributed by atoms with van der Waals surface area (Å²) in [6.07, 6.45) is 0. The number of nitrogens with zero attached hydrogens (tertiary/aromatic N) is 4. The number of para-hydroxylation sites is 4. The fourth-order valence-electron chi connectivity index (χ4n) is 7.93. The van der Waals surface area contributed by atoms with Gasteiger partial charge in [-0.25, -0.2) is 42.3 Å². The monoisotopic (exact) mass is 1230 g/mol. The Balaban J connectivity index is 0.000000225. The molecule has 0 N–H and O–H groups in total. The Kier molecular flexibility index (Phi) is 19.0. The second-order valence-corrected chi connectivity index (χ2v) is 24.7. The highest BCUT2D eigenvalue weighted by Crippen LogP contribution is 2.32. The highest BCUT2D eigenvalue weighted by molar-refractivity contribution is 9.10. The minimum Gasteiger partial charge on any atom is -0.741 e. The molecule has 8 aromatic rings. The number of carbonyl (C=O) groups excluding carboxylic acids is 2. The lowest BCUT2D eigenvalue weighted by Crippen LogP contribution is -2.42. The van der Waals surface area contributed by atoms with Crippen LogP contribution in [0.4, 0.5) is 26.3 Å². The van der Waals surface area contributed by atoms with Crippen molar-refractivity contribution in [3.63, 3.8) is 0 Å². The fraction of sp³-hybridized carbons (Fsp3) is 0.216. The molecule has 8 rings (SSSR count). The molecule has 2 heterocycles. The number of aromatic nitrogens is 2. The van der Waals surface area contributed by atoms with Crippen molar-refractivity contribution < 1.29 is 87.8 Å². The van der Waals surface area contributed by atoms with E-state index in [0.29, 0.717) is 21.9 Å². The van der Waals surface area contributed by atoms with Crippen LogP contribution in [0.3, 0.4) is 0 Å². The highest BCUT2D eigenvalue weighted by atomic mass is 79.9. The zero-order valence-electron chi connectivity index (χ0n) is 42.0. The number of fused-ring (bicyclic) bond motifs is 4. The predicted molar refractivity (Wildman–Crippen MR) is 279 cm³/mol. The minimum absolute atomic E-state index is 0.0767.